The van der Waals surface area contributed by atoms with Gasteiger partial charge in [-0.25, -0.2) is 8.42 Å². The number of nitrogens with zero attached hydrogens (tertiary/aromatic N) is 1. The molecule has 1 saturated heterocycles. The van der Waals surface area contributed by atoms with Crippen LogP contribution in [0.5, 0.6) is 0 Å². The number of carbonyl (C=O) groups excluding carboxylic acids is 1. The van der Waals surface area contributed by atoms with Gasteiger partial charge in [0.25, 0.3) is 0 Å². The zero-order chi connectivity index (χ0) is 15.5. The molecule has 1 aliphatic heterocycles. The lowest BCUT2D eigenvalue weighted by Crippen LogP contribution is -2.46. The number of esters is 1. The molecule has 0 amide bonds. The first kappa shape index (κ1) is 16.7. The lowest BCUT2D eigenvalue weighted by molar-refractivity contribution is -0.145. The van der Waals surface area contributed by atoms with Crippen molar-refractivity contribution in [3.8, 4) is 0 Å². The lowest BCUT2D eigenvalue weighted by Gasteiger charge is -2.31. The third kappa shape index (κ3) is 4.15. The van der Waals surface area contributed by atoms with Crippen LogP contribution in [-0.2, 0) is 24.3 Å². The number of hydrogen-bond acceptors (Lipinski definition) is 5. The van der Waals surface area contributed by atoms with E-state index in [9.17, 15) is 13.2 Å². The lowest BCUT2D eigenvalue weighted by atomic mass is 10.2. The van der Waals surface area contributed by atoms with Gasteiger partial charge < -0.3 is 9.47 Å². The predicted octanol–water partition coefficient (Wildman–Crippen LogP) is 1.24. The second-order valence-electron chi connectivity index (χ2n) is 4.59. The first-order valence-electron chi connectivity index (χ1n) is 6.37. The van der Waals surface area contributed by atoms with E-state index in [1.54, 1.807) is 24.3 Å². The van der Waals surface area contributed by atoms with E-state index in [1.807, 2.05) is 0 Å². The molecule has 0 spiro atoms. The molecule has 1 aromatic carbocycles. The Bertz CT molecular complexity index is 601. The zero-order valence-corrected chi connectivity index (χ0v) is 14.5. The number of methoxy groups -OCH3 is 1. The van der Waals surface area contributed by atoms with Crippen LogP contribution in [0.3, 0.4) is 0 Å². The molecule has 1 unspecified atom stereocenters. The number of rotatable bonds is 4. The molecule has 1 atom stereocenters. The topological polar surface area (TPSA) is 72.9 Å². The molecule has 0 saturated carbocycles. The molecule has 1 aromatic rings. The van der Waals surface area contributed by atoms with E-state index in [1.165, 1.54) is 11.4 Å². The van der Waals surface area contributed by atoms with Crippen LogP contribution in [0.1, 0.15) is 6.42 Å². The smallest absolute Gasteiger partial charge is 0.308 e. The summed E-state index contributed by atoms with van der Waals surface area (Å²) in [5.41, 5.74) is 0. The van der Waals surface area contributed by atoms with E-state index in [0.717, 1.165) is 3.57 Å². The molecule has 0 radical (unpaired) electrons. The minimum absolute atomic E-state index is 0.0508. The summed E-state index contributed by atoms with van der Waals surface area (Å²) in [6.07, 6.45) is -0.417. The van der Waals surface area contributed by atoms with Crippen LogP contribution in [0, 0.1) is 3.57 Å². The standard InChI is InChI=1S/C13H16INO5S/c1-19-13(16)8-11-9-15(6-7-20-11)21(17,18)12-4-2-10(14)3-5-12/h2-5,11H,6-9H2,1H3. The van der Waals surface area contributed by atoms with Crippen molar-refractivity contribution in [2.75, 3.05) is 26.8 Å². The van der Waals surface area contributed by atoms with Crippen LogP contribution in [0.15, 0.2) is 29.2 Å². The van der Waals surface area contributed by atoms with Crippen LogP contribution < -0.4 is 0 Å². The van der Waals surface area contributed by atoms with E-state index in [0.29, 0.717) is 0 Å². The van der Waals surface area contributed by atoms with Gasteiger partial charge in [0.15, 0.2) is 0 Å². The van der Waals surface area contributed by atoms with Gasteiger partial charge in [-0.15, -0.1) is 0 Å². The second-order valence-corrected chi connectivity index (χ2v) is 7.77. The summed E-state index contributed by atoms with van der Waals surface area (Å²) < 4.78 is 37.4. The summed E-state index contributed by atoms with van der Waals surface area (Å²) in [7, 11) is -2.26. The maximum Gasteiger partial charge on any atom is 0.308 e. The Balaban J connectivity index is 2.12. The van der Waals surface area contributed by atoms with Gasteiger partial charge in [-0.1, -0.05) is 0 Å². The summed E-state index contributed by atoms with van der Waals surface area (Å²) in [5, 5.41) is 0. The Kier molecular flexibility index (Phi) is 5.58. The van der Waals surface area contributed by atoms with Crippen molar-refractivity contribution in [1.29, 1.82) is 0 Å². The minimum Gasteiger partial charge on any atom is -0.469 e. The number of hydrogen-bond donors (Lipinski definition) is 0. The fourth-order valence-corrected chi connectivity index (χ4v) is 3.87. The first-order valence-corrected chi connectivity index (χ1v) is 8.89. The Morgan fingerprint density at radius 1 is 1.43 bits per heavy atom. The number of ether oxygens (including phenoxy) is 2. The molecule has 0 bridgehead atoms. The van der Waals surface area contributed by atoms with Gasteiger partial charge in [-0.3, -0.25) is 4.79 Å². The maximum absolute atomic E-state index is 12.6. The molecule has 2 rings (SSSR count). The van der Waals surface area contributed by atoms with Gasteiger partial charge in [0.2, 0.25) is 10.0 Å². The van der Waals surface area contributed by atoms with Crippen LogP contribution in [-0.4, -0.2) is 51.6 Å². The number of sulfonamides is 1. The van der Waals surface area contributed by atoms with Crippen molar-refractivity contribution in [2.24, 2.45) is 0 Å². The monoisotopic (exact) mass is 425 g/mol. The molecule has 0 N–H and O–H groups in total. The highest BCUT2D eigenvalue weighted by Gasteiger charge is 2.31. The molecule has 1 aliphatic rings. The zero-order valence-electron chi connectivity index (χ0n) is 11.5. The third-order valence-electron chi connectivity index (χ3n) is 3.17. The molecule has 1 heterocycles. The molecular formula is C13H16INO5S. The molecule has 0 aromatic heterocycles. The average molecular weight is 425 g/mol. The summed E-state index contributed by atoms with van der Waals surface area (Å²) in [6, 6.07) is 6.67. The van der Waals surface area contributed by atoms with E-state index in [-0.39, 0.29) is 31.0 Å². The molecular weight excluding hydrogens is 409 g/mol. The van der Waals surface area contributed by atoms with Crippen molar-refractivity contribution < 1.29 is 22.7 Å². The van der Waals surface area contributed by atoms with Crippen LogP contribution >= 0.6 is 22.6 Å². The van der Waals surface area contributed by atoms with E-state index in [4.69, 9.17) is 4.74 Å². The molecule has 116 valence electrons. The Morgan fingerprint density at radius 3 is 2.71 bits per heavy atom. The highest BCUT2D eigenvalue weighted by Crippen LogP contribution is 2.20. The Hall–Kier alpha value is -0.710. The van der Waals surface area contributed by atoms with Gasteiger partial charge in [0.05, 0.1) is 31.1 Å². The van der Waals surface area contributed by atoms with Crippen molar-refractivity contribution in [1.82, 2.24) is 4.31 Å². The highest BCUT2D eigenvalue weighted by molar-refractivity contribution is 14.1. The fourth-order valence-electron chi connectivity index (χ4n) is 2.06. The van der Waals surface area contributed by atoms with Gasteiger partial charge in [-0.2, -0.15) is 4.31 Å². The Morgan fingerprint density at radius 2 is 2.10 bits per heavy atom. The first-order chi connectivity index (χ1) is 9.93. The summed E-state index contributed by atoms with van der Waals surface area (Å²) in [5.74, 6) is -0.409. The van der Waals surface area contributed by atoms with Crippen molar-refractivity contribution in [3.05, 3.63) is 27.8 Å². The van der Waals surface area contributed by atoms with Gasteiger partial charge in [-0.05, 0) is 46.9 Å². The van der Waals surface area contributed by atoms with E-state index >= 15 is 0 Å². The molecule has 0 aliphatic carbocycles. The minimum atomic E-state index is -3.56. The van der Waals surface area contributed by atoms with Crippen molar-refractivity contribution in [2.45, 2.75) is 17.4 Å². The van der Waals surface area contributed by atoms with Crippen LogP contribution in [0.25, 0.3) is 0 Å². The van der Waals surface area contributed by atoms with E-state index < -0.39 is 22.1 Å². The number of benzene rings is 1. The summed E-state index contributed by atoms with van der Waals surface area (Å²) >= 11 is 2.12. The highest BCUT2D eigenvalue weighted by atomic mass is 127. The van der Waals surface area contributed by atoms with Gasteiger partial charge in [0, 0.05) is 16.7 Å². The molecule has 21 heavy (non-hydrogen) atoms. The van der Waals surface area contributed by atoms with Crippen molar-refractivity contribution >= 4 is 38.6 Å². The number of halogens is 1. The van der Waals surface area contributed by atoms with E-state index in [2.05, 4.69) is 27.3 Å². The van der Waals surface area contributed by atoms with Gasteiger partial charge >= 0.3 is 5.97 Å². The Labute approximate surface area is 137 Å². The third-order valence-corrected chi connectivity index (χ3v) is 5.77. The second kappa shape index (κ2) is 7.03. The average Bonchev–Trinajstić information content (AvgIpc) is 2.48. The SMILES string of the molecule is COC(=O)CC1CN(S(=O)(=O)c2ccc(I)cc2)CCO1. The summed E-state index contributed by atoms with van der Waals surface area (Å²) in [4.78, 5) is 11.5. The number of carbonyl (C=O) groups is 1. The predicted molar refractivity (Wildman–Crippen MR) is 84.3 cm³/mol. The number of morpholine rings is 1. The molecule has 8 heteroatoms. The van der Waals surface area contributed by atoms with Crippen LogP contribution in [0.2, 0.25) is 0 Å². The molecule has 6 nitrogen and oxygen atoms in total. The fraction of sp³-hybridized carbons (Fsp3) is 0.462. The maximum atomic E-state index is 12.6. The normalized spacial score (nSPS) is 20.2. The largest absolute Gasteiger partial charge is 0.469 e. The summed E-state index contributed by atoms with van der Waals surface area (Å²) in [6.45, 7) is 0.709. The van der Waals surface area contributed by atoms with Crippen molar-refractivity contribution in [3.63, 3.8) is 0 Å². The molecule has 1 fully saturated rings. The quantitative estimate of drug-likeness (QED) is 0.537. The van der Waals surface area contributed by atoms with Crippen LogP contribution in [0.4, 0.5) is 0 Å². The van der Waals surface area contributed by atoms with Gasteiger partial charge in [0.1, 0.15) is 0 Å².